The smallest absolute Gasteiger partial charge is 0.344 e. The predicted molar refractivity (Wildman–Crippen MR) is 104 cm³/mol. The summed E-state index contributed by atoms with van der Waals surface area (Å²) in [6, 6.07) is 15.9. The molecule has 0 aliphatic carbocycles. The van der Waals surface area contributed by atoms with Gasteiger partial charge >= 0.3 is 11.6 Å². The van der Waals surface area contributed by atoms with E-state index < -0.39 is 24.1 Å². The zero-order chi connectivity index (χ0) is 20.1. The summed E-state index contributed by atoms with van der Waals surface area (Å²) >= 11 is 0. The number of carboxylic acids is 1. The highest BCUT2D eigenvalue weighted by Gasteiger charge is 2.25. The van der Waals surface area contributed by atoms with Gasteiger partial charge in [0.1, 0.15) is 11.3 Å². The van der Waals surface area contributed by atoms with Crippen molar-refractivity contribution in [3.8, 4) is 5.75 Å². The Bertz CT molecular complexity index is 1070. The van der Waals surface area contributed by atoms with Crippen LogP contribution in [0, 0.1) is 0 Å². The van der Waals surface area contributed by atoms with Gasteiger partial charge in [0.15, 0.2) is 0 Å². The molecule has 0 bridgehead atoms. The van der Waals surface area contributed by atoms with E-state index in [0.29, 0.717) is 16.7 Å². The molecule has 144 valence electrons. The van der Waals surface area contributed by atoms with Gasteiger partial charge in [-0.05, 0) is 24.6 Å². The second kappa shape index (κ2) is 8.39. The van der Waals surface area contributed by atoms with E-state index in [2.05, 4.69) is 5.16 Å². The molecule has 2 aromatic carbocycles. The van der Waals surface area contributed by atoms with Crippen molar-refractivity contribution in [1.29, 1.82) is 0 Å². The highest BCUT2D eigenvalue weighted by atomic mass is 16.6. The van der Waals surface area contributed by atoms with E-state index in [-0.39, 0.29) is 17.7 Å². The van der Waals surface area contributed by atoms with Crippen LogP contribution in [0.2, 0.25) is 0 Å². The second-order valence-corrected chi connectivity index (χ2v) is 6.31. The number of hydrogen-bond acceptors (Lipinski definition) is 6. The van der Waals surface area contributed by atoms with Crippen LogP contribution in [0.15, 0.2) is 69.0 Å². The van der Waals surface area contributed by atoms with E-state index in [1.165, 1.54) is 0 Å². The van der Waals surface area contributed by atoms with Gasteiger partial charge in [-0.2, -0.15) is 0 Å². The van der Waals surface area contributed by atoms with Gasteiger partial charge in [-0.3, -0.25) is 0 Å². The number of nitrogens with zero attached hydrogens (tertiary/aromatic N) is 1. The second-order valence-electron chi connectivity index (χ2n) is 6.31. The highest BCUT2D eigenvalue weighted by Crippen LogP contribution is 2.36. The van der Waals surface area contributed by atoms with E-state index >= 15 is 0 Å². The normalized spacial score (nSPS) is 12.7. The van der Waals surface area contributed by atoms with Crippen LogP contribution in [0.4, 0.5) is 0 Å². The van der Waals surface area contributed by atoms with Crippen molar-refractivity contribution in [3.05, 3.63) is 76.1 Å². The van der Waals surface area contributed by atoms with Crippen LogP contribution in [0.5, 0.6) is 5.75 Å². The van der Waals surface area contributed by atoms with Crippen LogP contribution in [-0.4, -0.2) is 28.5 Å². The fraction of sp³-hybridized carbons (Fsp3) is 0.190. The topological polar surface area (TPSA) is 109 Å². The Balaban J connectivity index is 2.07. The Kier molecular flexibility index (Phi) is 5.74. The van der Waals surface area contributed by atoms with Gasteiger partial charge in [0.2, 0.25) is 6.61 Å². The largest absolute Gasteiger partial charge is 0.507 e. The quantitative estimate of drug-likeness (QED) is 0.368. The summed E-state index contributed by atoms with van der Waals surface area (Å²) in [6.45, 7) is 1.11. The number of carboxylic acid groups (broad SMARTS) is 1. The molecule has 0 saturated heterocycles. The summed E-state index contributed by atoms with van der Waals surface area (Å²) in [5.74, 6) is -1.82. The third-order valence-corrected chi connectivity index (χ3v) is 4.28. The van der Waals surface area contributed by atoms with E-state index in [9.17, 15) is 14.7 Å². The zero-order valence-corrected chi connectivity index (χ0v) is 15.2. The number of carbonyl (C=O) groups is 1. The molecule has 0 aliphatic heterocycles. The summed E-state index contributed by atoms with van der Waals surface area (Å²) in [5.41, 5.74) is 1.05. The molecular weight excluding hydrogens is 362 g/mol. The monoisotopic (exact) mass is 381 g/mol. The Morgan fingerprint density at radius 1 is 1.14 bits per heavy atom. The van der Waals surface area contributed by atoms with Crippen LogP contribution < -0.4 is 5.63 Å². The molecule has 0 amide bonds. The van der Waals surface area contributed by atoms with Gasteiger partial charge < -0.3 is 19.5 Å². The molecule has 3 aromatic rings. The lowest BCUT2D eigenvalue weighted by Gasteiger charge is -2.18. The molecule has 1 heterocycles. The fourth-order valence-corrected chi connectivity index (χ4v) is 3.06. The van der Waals surface area contributed by atoms with Crippen LogP contribution in [-0.2, 0) is 9.63 Å². The first-order valence-electron chi connectivity index (χ1n) is 8.64. The van der Waals surface area contributed by atoms with Crippen LogP contribution in [0.25, 0.3) is 11.0 Å². The minimum absolute atomic E-state index is 0.123. The van der Waals surface area contributed by atoms with Crippen molar-refractivity contribution >= 4 is 22.7 Å². The molecule has 0 radical (unpaired) electrons. The summed E-state index contributed by atoms with van der Waals surface area (Å²) in [4.78, 5) is 28.0. The molecule has 2 N–H and O–H groups in total. The summed E-state index contributed by atoms with van der Waals surface area (Å²) < 4.78 is 5.41. The third-order valence-electron chi connectivity index (χ3n) is 4.28. The first-order valence-corrected chi connectivity index (χ1v) is 8.64. The predicted octanol–water partition coefficient (Wildman–Crippen LogP) is 3.50. The van der Waals surface area contributed by atoms with Crippen molar-refractivity contribution in [2.75, 3.05) is 6.61 Å². The van der Waals surface area contributed by atoms with E-state index in [1.807, 2.05) is 30.3 Å². The number of benzene rings is 2. The van der Waals surface area contributed by atoms with E-state index in [1.54, 1.807) is 31.2 Å². The van der Waals surface area contributed by atoms with Crippen molar-refractivity contribution < 1.29 is 24.3 Å². The Hall–Kier alpha value is -3.61. The maximum atomic E-state index is 12.7. The molecular formula is C21H19NO6. The number of hydrogen-bond donors (Lipinski definition) is 2. The standard InChI is InChI=1S/C21H19NO6/c1-13(22-27-12-18(23)24)11-16(14-7-3-2-4-8-14)19-20(25)15-9-5-6-10-17(15)28-21(19)26/h2-10,16,25H,11-12H2,1H3,(H,23,24)/b22-13+. The van der Waals surface area contributed by atoms with E-state index in [4.69, 9.17) is 14.4 Å². The van der Waals surface area contributed by atoms with Crippen molar-refractivity contribution in [2.45, 2.75) is 19.3 Å². The molecule has 0 spiro atoms. The van der Waals surface area contributed by atoms with Gasteiger partial charge in [0.25, 0.3) is 0 Å². The summed E-state index contributed by atoms with van der Waals surface area (Å²) in [6.07, 6.45) is 0.236. The summed E-state index contributed by atoms with van der Waals surface area (Å²) in [7, 11) is 0. The van der Waals surface area contributed by atoms with Gasteiger partial charge in [0.05, 0.1) is 16.7 Å². The van der Waals surface area contributed by atoms with Gasteiger partial charge in [0, 0.05) is 12.3 Å². The number of fused-ring (bicyclic) bond motifs is 1. The SMILES string of the molecule is C/C(CC(c1ccccc1)c1c(O)c2ccccc2oc1=O)=N\OCC(=O)O. The zero-order valence-electron chi connectivity index (χ0n) is 15.2. The molecule has 1 atom stereocenters. The Morgan fingerprint density at radius 3 is 2.54 bits per heavy atom. The number of oxime groups is 1. The summed E-state index contributed by atoms with van der Waals surface area (Å²) in [5, 5.41) is 23.7. The minimum Gasteiger partial charge on any atom is -0.507 e. The van der Waals surface area contributed by atoms with Crippen molar-refractivity contribution in [2.24, 2.45) is 5.16 Å². The molecule has 1 aromatic heterocycles. The van der Waals surface area contributed by atoms with E-state index in [0.717, 1.165) is 5.56 Å². The molecule has 7 heteroatoms. The lowest BCUT2D eigenvalue weighted by molar-refractivity contribution is -0.142. The first kappa shape index (κ1) is 19.2. The molecule has 0 aliphatic rings. The molecule has 7 nitrogen and oxygen atoms in total. The third kappa shape index (κ3) is 4.20. The maximum absolute atomic E-state index is 12.7. The average molecular weight is 381 g/mol. The molecule has 0 saturated carbocycles. The van der Waals surface area contributed by atoms with Crippen LogP contribution in [0.1, 0.15) is 30.4 Å². The number of aromatic hydroxyl groups is 1. The highest BCUT2D eigenvalue weighted by molar-refractivity contribution is 5.86. The Labute approximate surface area is 160 Å². The molecule has 1 unspecified atom stereocenters. The molecule has 28 heavy (non-hydrogen) atoms. The van der Waals surface area contributed by atoms with Crippen molar-refractivity contribution in [1.82, 2.24) is 0 Å². The van der Waals surface area contributed by atoms with Gasteiger partial charge in [-0.15, -0.1) is 0 Å². The van der Waals surface area contributed by atoms with Crippen LogP contribution >= 0.6 is 0 Å². The number of para-hydroxylation sites is 1. The molecule has 3 rings (SSSR count). The lowest BCUT2D eigenvalue weighted by atomic mass is 9.87. The average Bonchev–Trinajstić information content (AvgIpc) is 2.67. The van der Waals surface area contributed by atoms with Gasteiger partial charge in [-0.1, -0.05) is 47.6 Å². The number of rotatable bonds is 7. The van der Waals surface area contributed by atoms with Crippen molar-refractivity contribution in [3.63, 3.8) is 0 Å². The minimum atomic E-state index is -1.14. The number of aliphatic carboxylic acids is 1. The lowest BCUT2D eigenvalue weighted by Crippen LogP contribution is -2.17. The first-order chi connectivity index (χ1) is 13.5. The maximum Gasteiger partial charge on any atom is 0.344 e. The molecule has 0 fully saturated rings. The van der Waals surface area contributed by atoms with Crippen LogP contribution in [0.3, 0.4) is 0 Å². The Morgan fingerprint density at radius 2 is 1.82 bits per heavy atom. The fourth-order valence-electron chi connectivity index (χ4n) is 3.06. The van der Waals surface area contributed by atoms with Gasteiger partial charge in [-0.25, -0.2) is 9.59 Å².